The molecule has 0 saturated carbocycles. The molecular formula is C15H19NO3. The molecule has 2 heterocycles. The summed E-state index contributed by atoms with van der Waals surface area (Å²) in [5, 5.41) is 0. The number of carbonyl (C=O) groups excluding carboxylic acids is 1. The van der Waals surface area contributed by atoms with Crippen LogP contribution in [0.25, 0.3) is 0 Å². The first-order valence-corrected chi connectivity index (χ1v) is 6.81. The Morgan fingerprint density at radius 3 is 2.84 bits per heavy atom. The molecule has 0 unspecified atom stereocenters. The molecule has 2 aliphatic rings. The van der Waals surface area contributed by atoms with Crippen LogP contribution in [0, 0.1) is 0 Å². The van der Waals surface area contributed by atoms with E-state index in [4.69, 9.17) is 9.47 Å². The smallest absolute Gasteiger partial charge is 0.410 e. The third-order valence-corrected chi connectivity index (χ3v) is 4.00. The van der Waals surface area contributed by atoms with Crippen LogP contribution in [0.4, 0.5) is 4.79 Å². The average Bonchev–Trinajstić information content (AvgIpc) is 3.17. The van der Waals surface area contributed by atoms with E-state index < -0.39 is 0 Å². The Labute approximate surface area is 113 Å². The third-order valence-electron chi connectivity index (χ3n) is 4.00. The van der Waals surface area contributed by atoms with Gasteiger partial charge in [0.1, 0.15) is 12.7 Å². The van der Waals surface area contributed by atoms with Crippen LogP contribution in [0.5, 0.6) is 0 Å². The number of hydrogen-bond acceptors (Lipinski definition) is 3. The predicted molar refractivity (Wildman–Crippen MR) is 70.7 cm³/mol. The number of nitrogens with zero attached hydrogens (tertiary/aromatic N) is 1. The van der Waals surface area contributed by atoms with Gasteiger partial charge in [0.15, 0.2) is 0 Å². The Morgan fingerprint density at radius 2 is 2.11 bits per heavy atom. The number of benzene rings is 1. The maximum Gasteiger partial charge on any atom is 0.410 e. The predicted octanol–water partition coefficient (Wildman–Crippen LogP) is 2.57. The zero-order chi connectivity index (χ0) is 13.4. The number of hydrogen-bond donors (Lipinski definition) is 0. The number of epoxide rings is 1. The van der Waals surface area contributed by atoms with Gasteiger partial charge in [-0.1, -0.05) is 30.3 Å². The van der Waals surface area contributed by atoms with Crippen molar-refractivity contribution < 1.29 is 14.3 Å². The highest BCUT2D eigenvalue weighted by atomic mass is 16.6. The van der Waals surface area contributed by atoms with Crippen molar-refractivity contribution in [3.63, 3.8) is 0 Å². The summed E-state index contributed by atoms with van der Waals surface area (Å²) in [7, 11) is 0. The van der Waals surface area contributed by atoms with Crippen LogP contribution >= 0.6 is 0 Å². The Morgan fingerprint density at radius 1 is 1.37 bits per heavy atom. The topological polar surface area (TPSA) is 42.1 Å². The summed E-state index contributed by atoms with van der Waals surface area (Å²) in [6, 6.07) is 10.0. The Kier molecular flexibility index (Phi) is 3.19. The van der Waals surface area contributed by atoms with E-state index in [-0.39, 0.29) is 24.3 Å². The summed E-state index contributed by atoms with van der Waals surface area (Å²) >= 11 is 0. The fourth-order valence-corrected chi connectivity index (χ4v) is 2.92. The molecule has 1 aromatic rings. The molecule has 1 amide bonds. The number of carbonyl (C=O) groups is 1. The van der Waals surface area contributed by atoms with Crippen LogP contribution in [0.3, 0.4) is 0 Å². The molecule has 2 saturated heterocycles. The van der Waals surface area contributed by atoms with Gasteiger partial charge in [0.25, 0.3) is 0 Å². The third kappa shape index (κ3) is 2.45. The van der Waals surface area contributed by atoms with E-state index in [0.717, 1.165) is 12.0 Å². The second-order valence-corrected chi connectivity index (χ2v) is 5.41. The largest absolute Gasteiger partial charge is 0.445 e. The SMILES string of the molecule is C[C@@H]1C[C@@H]2O[C@@H]2[C@@H](C)N1C(=O)OCc1ccccc1. The highest BCUT2D eigenvalue weighted by Crippen LogP contribution is 2.38. The Hall–Kier alpha value is -1.55. The average molecular weight is 261 g/mol. The first-order valence-electron chi connectivity index (χ1n) is 6.81. The minimum Gasteiger partial charge on any atom is -0.445 e. The van der Waals surface area contributed by atoms with Crippen molar-refractivity contribution in [2.45, 2.75) is 51.2 Å². The molecule has 3 rings (SSSR count). The van der Waals surface area contributed by atoms with Gasteiger partial charge in [0.05, 0.1) is 12.1 Å². The summed E-state index contributed by atoms with van der Waals surface area (Å²) < 4.78 is 11.0. The molecule has 4 atom stereocenters. The van der Waals surface area contributed by atoms with Crippen LogP contribution in [-0.4, -0.2) is 35.3 Å². The monoisotopic (exact) mass is 261 g/mol. The van der Waals surface area contributed by atoms with Crippen LogP contribution in [0.15, 0.2) is 30.3 Å². The van der Waals surface area contributed by atoms with Gasteiger partial charge in [0.2, 0.25) is 0 Å². The fraction of sp³-hybridized carbons (Fsp3) is 0.533. The van der Waals surface area contributed by atoms with Gasteiger partial charge >= 0.3 is 6.09 Å². The van der Waals surface area contributed by atoms with Crippen molar-refractivity contribution in [3.05, 3.63) is 35.9 Å². The zero-order valence-electron chi connectivity index (χ0n) is 11.3. The van der Waals surface area contributed by atoms with Gasteiger partial charge in [-0.2, -0.15) is 0 Å². The molecular weight excluding hydrogens is 242 g/mol. The lowest BCUT2D eigenvalue weighted by molar-refractivity contribution is 0.0567. The minimum absolute atomic E-state index is 0.108. The summed E-state index contributed by atoms with van der Waals surface area (Å²) in [5.74, 6) is 0. The van der Waals surface area contributed by atoms with Crippen molar-refractivity contribution in [1.29, 1.82) is 0 Å². The van der Waals surface area contributed by atoms with Gasteiger partial charge in [-0.25, -0.2) is 4.79 Å². The van der Waals surface area contributed by atoms with E-state index in [2.05, 4.69) is 6.92 Å². The maximum atomic E-state index is 12.2. The first-order chi connectivity index (χ1) is 9.16. The van der Waals surface area contributed by atoms with Crippen molar-refractivity contribution in [2.24, 2.45) is 0 Å². The van der Waals surface area contributed by atoms with Crippen LogP contribution in [0.1, 0.15) is 25.8 Å². The maximum absolute atomic E-state index is 12.2. The van der Waals surface area contributed by atoms with E-state index in [0.29, 0.717) is 12.7 Å². The van der Waals surface area contributed by atoms with E-state index in [1.54, 1.807) is 0 Å². The molecule has 0 aliphatic carbocycles. The number of rotatable bonds is 2. The first kappa shape index (κ1) is 12.5. The molecule has 4 nitrogen and oxygen atoms in total. The number of fused-ring (bicyclic) bond motifs is 1. The molecule has 2 fully saturated rings. The summed E-state index contributed by atoms with van der Waals surface area (Å²) in [6.45, 7) is 4.41. The molecule has 0 spiro atoms. The van der Waals surface area contributed by atoms with Crippen molar-refractivity contribution in [2.75, 3.05) is 0 Å². The summed E-state index contributed by atoms with van der Waals surface area (Å²) in [4.78, 5) is 14.0. The van der Waals surface area contributed by atoms with Crippen molar-refractivity contribution in [1.82, 2.24) is 4.90 Å². The van der Waals surface area contributed by atoms with Gasteiger partial charge in [-0.3, -0.25) is 4.90 Å². The highest BCUT2D eigenvalue weighted by molar-refractivity contribution is 5.69. The van der Waals surface area contributed by atoms with E-state index in [1.165, 1.54) is 0 Å². The fourth-order valence-electron chi connectivity index (χ4n) is 2.92. The van der Waals surface area contributed by atoms with Crippen LogP contribution < -0.4 is 0 Å². The molecule has 4 heteroatoms. The van der Waals surface area contributed by atoms with E-state index in [1.807, 2.05) is 42.2 Å². The van der Waals surface area contributed by atoms with Crippen LogP contribution in [-0.2, 0) is 16.1 Å². The van der Waals surface area contributed by atoms with Gasteiger partial charge in [0, 0.05) is 6.04 Å². The number of amides is 1. The molecule has 0 N–H and O–H groups in total. The molecule has 19 heavy (non-hydrogen) atoms. The highest BCUT2D eigenvalue weighted by Gasteiger charge is 2.52. The van der Waals surface area contributed by atoms with Gasteiger partial charge < -0.3 is 9.47 Å². The molecule has 0 radical (unpaired) electrons. The van der Waals surface area contributed by atoms with Gasteiger partial charge in [-0.15, -0.1) is 0 Å². The molecule has 1 aromatic carbocycles. The summed E-state index contributed by atoms with van der Waals surface area (Å²) in [5.41, 5.74) is 1.01. The number of ether oxygens (including phenoxy) is 2. The molecule has 2 aliphatic heterocycles. The van der Waals surface area contributed by atoms with E-state index >= 15 is 0 Å². The van der Waals surface area contributed by atoms with Crippen LogP contribution in [0.2, 0.25) is 0 Å². The number of likely N-dealkylation sites (tertiary alicyclic amines) is 1. The lowest BCUT2D eigenvalue weighted by Crippen LogP contribution is -2.51. The molecule has 102 valence electrons. The number of piperidine rings is 1. The van der Waals surface area contributed by atoms with Crippen molar-refractivity contribution in [3.8, 4) is 0 Å². The quantitative estimate of drug-likeness (QED) is 0.768. The van der Waals surface area contributed by atoms with Gasteiger partial charge in [-0.05, 0) is 25.8 Å². The lowest BCUT2D eigenvalue weighted by atomic mass is 9.98. The Bertz CT molecular complexity index is 462. The molecule has 0 bridgehead atoms. The zero-order valence-corrected chi connectivity index (χ0v) is 11.3. The lowest BCUT2D eigenvalue weighted by Gasteiger charge is -2.35. The van der Waals surface area contributed by atoms with Crippen molar-refractivity contribution >= 4 is 6.09 Å². The minimum atomic E-state index is -0.238. The Balaban J connectivity index is 1.60. The second kappa shape index (κ2) is 4.85. The second-order valence-electron chi connectivity index (χ2n) is 5.41. The molecule has 0 aromatic heterocycles. The normalized spacial score (nSPS) is 32.6. The van der Waals surface area contributed by atoms with E-state index in [9.17, 15) is 4.79 Å². The summed E-state index contributed by atoms with van der Waals surface area (Å²) in [6.07, 6.45) is 1.23. The standard InChI is InChI=1S/C15H19NO3/c1-10-8-13-14(19-13)11(2)16(10)15(17)18-9-12-6-4-3-5-7-12/h3-7,10-11,13-14H,8-9H2,1-2H3/t10-,11-,13+,14-/m1/s1.